The molecule has 1 atom stereocenters. The summed E-state index contributed by atoms with van der Waals surface area (Å²) in [6.07, 6.45) is 8.02. The number of allylic oxidation sites excluding steroid dienone is 1. The van der Waals surface area contributed by atoms with Crippen molar-refractivity contribution in [2.45, 2.75) is 25.5 Å². The number of hydrogen-bond donors (Lipinski definition) is 2. The zero-order chi connectivity index (χ0) is 10.7. The summed E-state index contributed by atoms with van der Waals surface area (Å²) >= 11 is 0. The van der Waals surface area contributed by atoms with Crippen LogP contribution in [0.4, 0.5) is 5.69 Å². The van der Waals surface area contributed by atoms with Crippen molar-refractivity contribution in [2.24, 2.45) is 5.92 Å². The minimum Gasteiger partial charge on any atom is -0.374 e. The van der Waals surface area contributed by atoms with Crippen LogP contribution in [0.3, 0.4) is 0 Å². The van der Waals surface area contributed by atoms with Crippen molar-refractivity contribution in [3.05, 3.63) is 36.7 Å². The molecule has 80 valence electrons. The van der Waals surface area contributed by atoms with Crippen molar-refractivity contribution in [1.29, 1.82) is 0 Å². The second-order valence-corrected chi connectivity index (χ2v) is 4.00. The van der Waals surface area contributed by atoms with E-state index < -0.39 is 6.23 Å². The molecular weight excluding hydrogens is 188 g/mol. The van der Waals surface area contributed by atoms with Gasteiger partial charge in [0.15, 0.2) is 0 Å². The van der Waals surface area contributed by atoms with Gasteiger partial charge in [-0.15, -0.1) is 6.58 Å². The minimum absolute atomic E-state index is 0.424. The Bertz CT molecular complexity index is 347. The van der Waals surface area contributed by atoms with Crippen LogP contribution >= 0.6 is 0 Å². The zero-order valence-electron chi connectivity index (χ0n) is 8.69. The van der Waals surface area contributed by atoms with Gasteiger partial charge in [0, 0.05) is 12.1 Å². The predicted octanol–water partition coefficient (Wildman–Crippen LogP) is 1.95. The van der Waals surface area contributed by atoms with Crippen molar-refractivity contribution in [1.82, 2.24) is 4.98 Å². The molecule has 1 unspecified atom stereocenters. The van der Waals surface area contributed by atoms with Crippen LogP contribution in [0, 0.1) is 5.92 Å². The smallest absolute Gasteiger partial charge is 0.127 e. The molecule has 0 bridgehead atoms. The second kappa shape index (κ2) is 4.45. The number of aliphatic hydroxyl groups is 1. The average Bonchev–Trinajstić information content (AvgIpc) is 3.01. The first-order valence-electron chi connectivity index (χ1n) is 5.29. The zero-order valence-corrected chi connectivity index (χ0v) is 8.69. The normalized spacial score (nSPS) is 17.1. The molecule has 0 saturated heterocycles. The lowest BCUT2D eigenvalue weighted by atomic mass is 10.2. The first-order chi connectivity index (χ1) is 7.29. The van der Waals surface area contributed by atoms with E-state index in [0.29, 0.717) is 5.92 Å². The van der Waals surface area contributed by atoms with Gasteiger partial charge in [0.25, 0.3) is 0 Å². The molecular formula is C12H16N2O. The molecule has 15 heavy (non-hydrogen) atoms. The highest BCUT2D eigenvalue weighted by Crippen LogP contribution is 2.32. The van der Waals surface area contributed by atoms with Crippen LogP contribution in [-0.2, 0) is 6.42 Å². The first kappa shape index (κ1) is 10.2. The molecule has 3 nitrogen and oxygen atoms in total. The van der Waals surface area contributed by atoms with Gasteiger partial charge in [-0.05, 0) is 30.9 Å². The Kier molecular flexibility index (Phi) is 3.02. The van der Waals surface area contributed by atoms with E-state index in [2.05, 4.69) is 16.9 Å². The van der Waals surface area contributed by atoms with E-state index in [9.17, 15) is 5.11 Å². The standard InChI is InChI=1S/C12H16N2O/c1-2-3-9-6-11(8-13-7-9)14-12(15)10-4-5-10/h2,6-8,10,12,14-15H,1,3-5H2. The van der Waals surface area contributed by atoms with Gasteiger partial charge in [0.1, 0.15) is 6.23 Å². The van der Waals surface area contributed by atoms with E-state index in [1.54, 1.807) is 6.20 Å². The Morgan fingerprint density at radius 1 is 1.60 bits per heavy atom. The van der Waals surface area contributed by atoms with Gasteiger partial charge in [0.05, 0.1) is 11.9 Å². The third-order valence-corrected chi connectivity index (χ3v) is 2.56. The van der Waals surface area contributed by atoms with Crippen molar-refractivity contribution in [2.75, 3.05) is 5.32 Å². The molecule has 1 aromatic heterocycles. The number of pyridine rings is 1. The third kappa shape index (κ3) is 2.80. The van der Waals surface area contributed by atoms with Crippen molar-refractivity contribution < 1.29 is 5.11 Å². The quantitative estimate of drug-likeness (QED) is 0.569. The molecule has 0 amide bonds. The molecule has 2 N–H and O–H groups in total. The van der Waals surface area contributed by atoms with E-state index in [0.717, 1.165) is 30.5 Å². The summed E-state index contributed by atoms with van der Waals surface area (Å²) in [5, 5.41) is 12.8. The topological polar surface area (TPSA) is 45.2 Å². The van der Waals surface area contributed by atoms with Crippen molar-refractivity contribution in [3.8, 4) is 0 Å². The highest BCUT2D eigenvalue weighted by Gasteiger charge is 2.29. The summed E-state index contributed by atoms with van der Waals surface area (Å²) < 4.78 is 0. The number of nitrogens with one attached hydrogen (secondary N) is 1. The van der Waals surface area contributed by atoms with E-state index in [4.69, 9.17) is 0 Å². The van der Waals surface area contributed by atoms with E-state index >= 15 is 0 Å². The Morgan fingerprint density at radius 3 is 3.07 bits per heavy atom. The Balaban J connectivity index is 2.00. The Hall–Kier alpha value is -1.35. The highest BCUT2D eigenvalue weighted by molar-refractivity contribution is 5.43. The van der Waals surface area contributed by atoms with Gasteiger partial charge >= 0.3 is 0 Å². The molecule has 1 aliphatic carbocycles. The fourth-order valence-corrected chi connectivity index (χ4v) is 1.55. The maximum absolute atomic E-state index is 9.70. The molecule has 0 aliphatic heterocycles. The van der Waals surface area contributed by atoms with Crippen LogP contribution in [-0.4, -0.2) is 16.3 Å². The number of rotatable bonds is 5. The number of aliphatic hydroxyl groups excluding tert-OH is 1. The molecule has 0 aromatic carbocycles. The molecule has 0 spiro atoms. The summed E-state index contributed by atoms with van der Waals surface area (Å²) in [4.78, 5) is 4.11. The van der Waals surface area contributed by atoms with Gasteiger partial charge < -0.3 is 10.4 Å². The van der Waals surface area contributed by atoms with Gasteiger partial charge in [-0.3, -0.25) is 4.98 Å². The van der Waals surface area contributed by atoms with Crippen molar-refractivity contribution in [3.63, 3.8) is 0 Å². The van der Waals surface area contributed by atoms with Crippen molar-refractivity contribution >= 4 is 5.69 Å². The highest BCUT2D eigenvalue weighted by atomic mass is 16.3. The number of anilines is 1. The maximum Gasteiger partial charge on any atom is 0.127 e. The average molecular weight is 204 g/mol. The van der Waals surface area contributed by atoms with E-state index in [-0.39, 0.29) is 0 Å². The van der Waals surface area contributed by atoms with Crippen LogP contribution in [0.5, 0.6) is 0 Å². The SMILES string of the molecule is C=CCc1cncc(NC(O)C2CC2)c1. The number of aromatic nitrogens is 1. The molecule has 3 heteroatoms. The fourth-order valence-electron chi connectivity index (χ4n) is 1.55. The largest absolute Gasteiger partial charge is 0.374 e. The Labute approximate surface area is 89.9 Å². The van der Waals surface area contributed by atoms with E-state index in [1.807, 2.05) is 18.3 Å². The van der Waals surface area contributed by atoms with Crippen LogP contribution in [0.15, 0.2) is 31.1 Å². The monoisotopic (exact) mass is 204 g/mol. The molecule has 2 rings (SSSR count). The molecule has 1 saturated carbocycles. The van der Waals surface area contributed by atoms with Crippen LogP contribution < -0.4 is 5.32 Å². The summed E-state index contributed by atoms with van der Waals surface area (Å²) in [7, 11) is 0. The molecule has 1 aliphatic rings. The maximum atomic E-state index is 9.70. The first-order valence-corrected chi connectivity index (χ1v) is 5.29. The lowest BCUT2D eigenvalue weighted by Gasteiger charge is -2.13. The van der Waals surface area contributed by atoms with E-state index in [1.165, 1.54) is 0 Å². The summed E-state index contributed by atoms with van der Waals surface area (Å²) in [6.45, 7) is 3.69. The number of nitrogens with zero attached hydrogens (tertiary/aromatic N) is 1. The molecule has 1 aromatic rings. The molecule has 1 heterocycles. The summed E-state index contributed by atoms with van der Waals surface area (Å²) in [6, 6.07) is 2.00. The van der Waals surface area contributed by atoms with Gasteiger partial charge in [-0.25, -0.2) is 0 Å². The fraction of sp³-hybridized carbons (Fsp3) is 0.417. The summed E-state index contributed by atoms with van der Waals surface area (Å²) in [5.41, 5.74) is 1.99. The predicted molar refractivity (Wildman–Crippen MR) is 60.5 cm³/mol. The lowest BCUT2D eigenvalue weighted by Crippen LogP contribution is -2.20. The van der Waals surface area contributed by atoms with Crippen LogP contribution in [0.25, 0.3) is 0 Å². The number of hydrogen-bond acceptors (Lipinski definition) is 3. The second-order valence-electron chi connectivity index (χ2n) is 4.00. The minimum atomic E-state index is -0.425. The molecule has 1 fully saturated rings. The van der Waals surface area contributed by atoms with Gasteiger partial charge in [0.2, 0.25) is 0 Å². The Morgan fingerprint density at radius 2 is 2.40 bits per heavy atom. The van der Waals surface area contributed by atoms with Crippen LogP contribution in [0.2, 0.25) is 0 Å². The lowest BCUT2D eigenvalue weighted by molar-refractivity contribution is 0.180. The molecule has 0 radical (unpaired) electrons. The summed E-state index contributed by atoms with van der Waals surface area (Å²) in [5.74, 6) is 0.424. The van der Waals surface area contributed by atoms with Crippen LogP contribution in [0.1, 0.15) is 18.4 Å². The third-order valence-electron chi connectivity index (χ3n) is 2.56. The van der Waals surface area contributed by atoms with Gasteiger partial charge in [-0.2, -0.15) is 0 Å². The van der Waals surface area contributed by atoms with Gasteiger partial charge in [-0.1, -0.05) is 6.08 Å².